The summed E-state index contributed by atoms with van der Waals surface area (Å²) in [7, 11) is 0. The van der Waals surface area contributed by atoms with Gasteiger partial charge in [-0.2, -0.15) is 18.4 Å². The van der Waals surface area contributed by atoms with Gasteiger partial charge in [0.25, 0.3) is 0 Å². The van der Waals surface area contributed by atoms with Gasteiger partial charge in [0, 0.05) is 38.4 Å². The molecular formula is C12H14F3N3O. The number of hydrogen-bond donors (Lipinski definition) is 1. The minimum atomic E-state index is -4.65. The lowest BCUT2D eigenvalue weighted by atomic mass is 10.2. The predicted octanol–water partition coefficient (Wildman–Crippen LogP) is 1.72. The highest BCUT2D eigenvalue weighted by molar-refractivity contribution is 5.08. The Labute approximate surface area is 109 Å². The molecule has 19 heavy (non-hydrogen) atoms. The van der Waals surface area contributed by atoms with Crippen molar-refractivity contribution >= 4 is 0 Å². The van der Waals surface area contributed by atoms with Crippen molar-refractivity contribution in [2.45, 2.75) is 25.2 Å². The second kappa shape index (κ2) is 7.07. The fourth-order valence-electron chi connectivity index (χ4n) is 1.54. The third-order valence-electron chi connectivity index (χ3n) is 2.48. The van der Waals surface area contributed by atoms with Crippen molar-refractivity contribution in [3.63, 3.8) is 0 Å². The maximum absolute atomic E-state index is 12.3. The maximum Gasteiger partial charge on any atom is 0.415 e. The van der Waals surface area contributed by atoms with E-state index in [-0.39, 0.29) is 19.5 Å². The molecule has 1 unspecified atom stereocenters. The summed E-state index contributed by atoms with van der Waals surface area (Å²) in [6, 6.07) is 5.28. The van der Waals surface area contributed by atoms with Crippen LogP contribution in [0.25, 0.3) is 0 Å². The molecule has 0 aliphatic heterocycles. The van der Waals surface area contributed by atoms with Crippen LogP contribution in [0.3, 0.4) is 0 Å². The molecular weight excluding hydrogens is 259 g/mol. The summed E-state index contributed by atoms with van der Waals surface area (Å²) in [5.74, 6) is 0. The van der Waals surface area contributed by atoms with Crippen molar-refractivity contribution < 1.29 is 18.3 Å². The van der Waals surface area contributed by atoms with E-state index in [4.69, 9.17) is 10.4 Å². The zero-order valence-corrected chi connectivity index (χ0v) is 10.1. The SMILES string of the molecule is N#CCCN(Cc1cccnc1)CC(O)C(F)(F)F. The number of aliphatic hydroxyl groups excluding tert-OH is 1. The first kappa shape index (κ1) is 15.4. The standard InChI is InChI=1S/C12H14F3N3O/c13-12(14,15)11(19)9-18(6-2-4-16)8-10-3-1-5-17-7-10/h1,3,5,7,11,19H,2,6,8-9H2. The van der Waals surface area contributed by atoms with Gasteiger partial charge in [-0.15, -0.1) is 0 Å². The zero-order valence-electron chi connectivity index (χ0n) is 10.1. The predicted molar refractivity (Wildman–Crippen MR) is 61.8 cm³/mol. The van der Waals surface area contributed by atoms with Crippen molar-refractivity contribution in [2.75, 3.05) is 13.1 Å². The van der Waals surface area contributed by atoms with E-state index in [1.807, 2.05) is 6.07 Å². The van der Waals surface area contributed by atoms with Crippen LogP contribution in [-0.4, -0.2) is 40.4 Å². The first-order chi connectivity index (χ1) is 8.93. The number of pyridine rings is 1. The van der Waals surface area contributed by atoms with E-state index in [1.54, 1.807) is 24.5 Å². The average Bonchev–Trinajstić information content (AvgIpc) is 2.36. The molecule has 0 saturated heterocycles. The minimum absolute atomic E-state index is 0.102. The van der Waals surface area contributed by atoms with E-state index in [1.165, 1.54) is 4.90 Å². The Bertz CT molecular complexity index is 416. The molecule has 1 heterocycles. The number of hydrogen-bond acceptors (Lipinski definition) is 4. The summed E-state index contributed by atoms with van der Waals surface area (Å²) in [5.41, 5.74) is 0.731. The van der Waals surface area contributed by atoms with Crippen LogP contribution >= 0.6 is 0 Å². The fourth-order valence-corrected chi connectivity index (χ4v) is 1.54. The van der Waals surface area contributed by atoms with Gasteiger partial charge >= 0.3 is 6.18 Å². The van der Waals surface area contributed by atoms with Gasteiger partial charge in [0.1, 0.15) is 0 Å². The summed E-state index contributed by atoms with van der Waals surface area (Å²) >= 11 is 0. The Morgan fingerprint density at radius 2 is 2.21 bits per heavy atom. The molecule has 1 atom stereocenters. The first-order valence-electron chi connectivity index (χ1n) is 5.66. The summed E-state index contributed by atoms with van der Waals surface area (Å²) in [4.78, 5) is 5.26. The van der Waals surface area contributed by atoms with Crippen molar-refractivity contribution in [3.05, 3.63) is 30.1 Å². The van der Waals surface area contributed by atoms with Gasteiger partial charge in [-0.1, -0.05) is 6.07 Å². The van der Waals surface area contributed by atoms with Crippen molar-refractivity contribution in [1.29, 1.82) is 5.26 Å². The van der Waals surface area contributed by atoms with Gasteiger partial charge in [-0.3, -0.25) is 9.88 Å². The summed E-state index contributed by atoms with van der Waals surface area (Å²) in [6.45, 7) is -0.179. The Balaban J connectivity index is 2.64. The van der Waals surface area contributed by atoms with E-state index in [2.05, 4.69) is 4.98 Å². The molecule has 104 valence electrons. The van der Waals surface area contributed by atoms with Gasteiger partial charge in [0.05, 0.1) is 6.07 Å². The molecule has 0 radical (unpaired) electrons. The molecule has 0 bridgehead atoms. The molecule has 1 N–H and O–H groups in total. The van der Waals surface area contributed by atoms with E-state index >= 15 is 0 Å². The quantitative estimate of drug-likeness (QED) is 0.857. The number of halogens is 3. The van der Waals surface area contributed by atoms with Crippen molar-refractivity contribution in [3.8, 4) is 6.07 Å². The van der Waals surface area contributed by atoms with Gasteiger partial charge in [-0.25, -0.2) is 0 Å². The lowest BCUT2D eigenvalue weighted by Gasteiger charge is -2.25. The number of nitrogens with zero attached hydrogens (tertiary/aromatic N) is 3. The Hall–Kier alpha value is -1.65. The molecule has 0 saturated carbocycles. The Morgan fingerprint density at radius 1 is 1.47 bits per heavy atom. The molecule has 7 heteroatoms. The Kier molecular flexibility index (Phi) is 5.73. The highest BCUT2D eigenvalue weighted by Crippen LogP contribution is 2.21. The van der Waals surface area contributed by atoms with Crippen LogP contribution in [0, 0.1) is 11.3 Å². The monoisotopic (exact) mass is 273 g/mol. The third kappa shape index (κ3) is 5.68. The number of nitriles is 1. The van der Waals surface area contributed by atoms with Gasteiger partial charge in [0.15, 0.2) is 6.10 Å². The topological polar surface area (TPSA) is 60.2 Å². The highest BCUT2D eigenvalue weighted by atomic mass is 19.4. The summed E-state index contributed by atoms with van der Waals surface area (Å²) < 4.78 is 36.9. The molecule has 0 aliphatic carbocycles. The molecule has 0 spiro atoms. The van der Waals surface area contributed by atoms with Crippen LogP contribution in [0.2, 0.25) is 0 Å². The molecule has 0 aromatic carbocycles. The lowest BCUT2D eigenvalue weighted by Crippen LogP contribution is -2.41. The third-order valence-corrected chi connectivity index (χ3v) is 2.48. The number of aliphatic hydroxyl groups is 1. The van der Waals surface area contributed by atoms with Crippen LogP contribution in [0.1, 0.15) is 12.0 Å². The van der Waals surface area contributed by atoms with Crippen LogP contribution in [-0.2, 0) is 6.54 Å². The highest BCUT2D eigenvalue weighted by Gasteiger charge is 2.39. The smallest absolute Gasteiger partial charge is 0.382 e. The van der Waals surface area contributed by atoms with E-state index < -0.39 is 18.8 Å². The number of aromatic nitrogens is 1. The average molecular weight is 273 g/mol. The van der Waals surface area contributed by atoms with Crippen LogP contribution in [0.5, 0.6) is 0 Å². The maximum atomic E-state index is 12.3. The second-order valence-corrected chi connectivity index (χ2v) is 4.06. The van der Waals surface area contributed by atoms with E-state index in [9.17, 15) is 13.2 Å². The van der Waals surface area contributed by atoms with Gasteiger partial charge in [-0.05, 0) is 11.6 Å². The van der Waals surface area contributed by atoms with E-state index in [0.29, 0.717) is 0 Å². The molecule has 1 aromatic rings. The largest absolute Gasteiger partial charge is 0.415 e. The van der Waals surface area contributed by atoms with Gasteiger partial charge in [0.2, 0.25) is 0 Å². The van der Waals surface area contributed by atoms with Gasteiger partial charge < -0.3 is 5.11 Å². The molecule has 0 amide bonds. The van der Waals surface area contributed by atoms with E-state index in [0.717, 1.165) is 5.56 Å². The Morgan fingerprint density at radius 3 is 2.74 bits per heavy atom. The fraction of sp³-hybridized carbons (Fsp3) is 0.500. The normalized spacial score (nSPS) is 13.3. The van der Waals surface area contributed by atoms with Crippen LogP contribution in [0.4, 0.5) is 13.2 Å². The minimum Gasteiger partial charge on any atom is -0.382 e. The number of rotatable bonds is 6. The lowest BCUT2D eigenvalue weighted by molar-refractivity contribution is -0.208. The second-order valence-electron chi connectivity index (χ2n) is 4.06. The number of alkyl halides is 3. The molecule has 1 aromatic heterocycles. The zero-order chi connectivity index (χ0) is 14.3. The van der Waals surface area contributed by atoms with Crippen molar-refractivity contribution in [2.24, 2.45) is 0 Å². The van der Waals surface area contributed by atoms with Crippen LogP contribution < -0.4 is 0 Å². The van der Waals surface area contributed by atoms with Crippen LogP contribution in [0.15, 0.2) is 24.5 Å². The van der Waals surface area contributed by atoms with Crippen molar-refractivity contribution in [1.82, 2.24) is 9.88 Å². The molecule has 0 fully saturated rings. The molecule has 0 aliphatic rings. The summed E-state index contributed by atoms with van der Waals surface area (Å²) in [5, 5.41) is 17.6. The summed E-state index contributed by atoms with van der Waals surface area (Å²) in [6.07, 6.45) is -3.86. The molecule has 4 nitrogen and oxygen atoms in total. The first-order valence-corrected chi connectivity index (χ1v) is 5.66. The molecule has 1 rings (SSSR count).